The van der Waals surface area contributed by atoms with Gasteiger partial charge in [-0.25, -0.2) is 4.68 Å². The van der Waals surface area contributed by atoms with Gasteiger partial charge >= 0.3 is 0 Å². The molecule has 0 aliphatic carbocycles. The first kappa shape index (κ1) is 19.5. The van der Waals surface area contributed by atoms with E-state index in [4.69, 9.17) is 23.8 Å². The van der Waals surface area contributed by atoms with Crippen LogP contribution >= 0.6 is 39.7 Å². The Hall–Kier alpha value is -2.81. The lowest BCUT2D eigenvalue weighted by Gasteiger charge is -2.28. The number of thiocarbonyl (C=S) groups is 1. The highest BCUT2D eigenvalue weighted by molar-refractivity contribution is 9.10. The Balaban J connectivity index is 1.66. The van der Waals surface area contributed by atoms with E-state index in [2.05, 4.69) is 26.3 Å². The van der Waals surface area contributed by atoms with E-state index in [0.29, 0.717) is 16.3 Å². The zero-order valence-electron chi connectivity index (χ0n) is 14.7. The highest BCUT2D eigenvalue weighted by Gasteiger charge is 2.34. The summed E-state index contributed by atoms with van der Waals surface area (Å²) in [6, 6.07) is 14.2. The van der Waals surface area contributed by atoms with Crippen LogP contribution in [0.25, 0.3) is 11.8 Å². The molecule has 4 rings (SSSR count). The van der Waals surface area contributed by atoms with E-state index >= 15 is 0 Å². The van der Waals surface area contributed by atoms with Crippen molar-refractivity contribution in [1.29, 1.82) is 0 Å². The zero-order chi connectivity index (χ0) is 20.5. The topological polar surface area (TPSA) is 67.2 Å². The number of hydrogen-bond acceptors (Lipinski definition) is 4. The Morgan fingerprint density at radius 3 is 2.38 bits per heavy atom. The van der Waals surface area contributed by atoms with Gasteiger partial charge in [0.1, 0.15) is 5.57 Å². The molecule has 0 saturated carbocycles. The summed E-state index contributed by atoms with van der Waals surface area (Å²) in [6.45, 7) is 0. The predicted molar refractivity (Wildman–Crippen MR) is 119 cm³/mol. The standard InChI is InChI=1S/C20H12BrClN4O2S/c21-13-1-5-15(6-2-13)25-11-12(10-23-25)9-17-18(27)24-20(29)26(19(17)28)16-7-3-14(22)4-8-16/h1-11H,(H,24,27,29). The molecular weight excluding hydrogens is 476 g/mol. The van der Waals surface area contributed by atoms with Gasteiger partial charge in [-0.1, -0.05) is 27.5 Å². The molecule has 2 amide bonds. The molecular formula is C20H12BrClN4O2S. The average molecular weight is 488 g/mol. The minimum absolute atomic E-state index is 0.0185. The molecule has 1 saturated heterocycles. The minimum atomic E-state index is -0.554. The monoisotopic (exact) mass is 486 g/mol. The van der Waals surface area contributed by atoms with E-state index < -0.39 is 11.8 Å². The number of benzene rings is 2. The third kappa shape index (κ3) is 4.00. The second-order valence-electron chi connectivity index (χ2n) is 6.13. The molecule has 0 radical (unpaired) electrons. The third-order valence-corrected chi connectivity index (χ3v) is 5.26. The van der Waals surface area contributed by atoms with Crippen LogP contribution in [0.4, 0.5) is 5.69 Å². The van der Waals surface area contributed by atoms with Crippen molar-refractivity contribution >= 4 is 68.4 Å². The molecule has 6 nitrogen and oxygen atoms in total. The maximum atomic E-state index is 13.0. The van der Waals surface area contributed by atoms with Crippen molar-refractivity contribution < 1.29 is 9.59 Å². The largest absolute Gasteiger partial charge is 0.298 e. The Bertz CT molecular complexity index is 1160. The number of carbonyl (C=O) groups excluding carboxylic acids is 2. The van der Waals surface area contributed by atoms with Gasteiger partial charge in [0.15, 0.2) is 5.11 Å². The quantitative estimate of drug-likeness (QED) is 0.343. The predicted octanol–water partition coefficient (Wildman–Crippen LogP) is 4.12. The minimum Gasteiger partial charge on any atom is -0.298 e. The van der Waals surface area contributed by atoms with E-state index in [9.17, 15) is 9.59 Å². The first-order valence-corrected chi connectivity index (χ1v) is 9.98. The molecule has 2 aromatic carbocycles. The lowest BCUT2D eigenvalue weighted by molar-refractivity contribution is -0.122. The van der Waals surface area contributed by atoms with Gasteiger partial charge in [-0.05, 0) is 66.8 Å². The van der Waals surface area contributed by atoms with Crippen molar-refractivity contribution in [1.82, 2.24) is 15.1 Å². The van der Waals surface area contributed by atoms with Gasteiger partial charge in [0.25, 0.3) is 11.8 Å². The summed E-state index contributed by atoms with van der Waals surface area (Å²) in [4.78, 5) is 26.7. The van der Waals surface area contributed by atoms with Crippen LogP contribution in [0, 0.1) is 0 Å². The van der Waals surface area contributed by atoms with E-state index in [1.807, 2.05) is 24.3 Å². The van der Waals surface area contributed by atoms with E-state index in [-0.39, 0.29) is 10.7 Å². The third-order valence-electron chi connectivity index (χ3n) is 4.19. The number of anilines is 1. The highest BCUT2D eigenvalue weighted by atomic mass is 79.9. The van der Waals surface area contributed by atoms with Crippen molar-refractivity contribution in [3.63, 3.8) is 0 Å². The first-order valence-electron chi connectivity index (χ1n) is 8.40. The molecule has 1 aromatic heterocycles. The molecule has 0 unspecified atom stereocenters. The van der Waals surface area contributed by atoms with Crippen molar-refractivity contribution in [3.8, 4) is 5.69 Å². The SMILES string of the molecule is O=C1NC(=S)N(c2ccc(Cl)cc2)C(=O)C1=Cc1cnn(-c2ccc(Br)cc2)c1. The van der Waals surface area contributed by atoms with E-state index in [1.165, 1.54) is 11.0 Å². The Morgan fingerprint density at radius 2 is 1.69 bits per heavy atom. The maximum absolute atomic E-state index is 13.0. The van der Waals surface area contributed by atoms with E-state index in [1.54, 1.807) is 41.3 Å². The van der Waals surface area contributed by atoms with Gasteiger partial charge in [0, 0.05) is 21.3 Å². The first-order chi connectivity index (χ1) is 13.9. The summed E-state index contributed by atoms with van der Waals surface area (Å²) in [5.41, 5.74) is 1.93. The van der Waals surface area contributed by atoms with Crippen LogP contribution in [0.2, 0.25) is 5.02 Å². The van der Waals surface area contributed by atoms with Gasteiger partial charge in [0.05, 0.1) is 17.6 Å². The number of hydrogen-bond donors (Lipinski definition) is 1. The van der Waals surface area contributed by atoms with E-state index in [0.717, 1.165) is 10.2 Å². The zero-order valence-corrected chi connectivity index (χ0v) is 17.8. The molecule has 9 heteroatoms. The van der Waals surface area contributed by atoms with Gasteiger partial charge in [-0.15, -0.1) is 0 Å². The second kappa shape index (κ2) is 7.90. The average Bonchev–Trinajstić information content (AvgIpc) is 3.16. The molecule has 2 heterocycles. The van der Waals surface area contributed by atoms with Crippen LogP contribution in [-0.4, -0.2) is 26.7 Å². The van der Waals surface area contributed by atoms with Crippen LogP contribution < -0.4 is 10.2 Å². The normalized spacial score (nSPS) is 15.7. The Labute approximate surface area is 184 Å². The lowest BCUT2D eigenvalue weighted by atomic mass is 10.1. The molecule has 0 spiro atoms. The molecule has 1 aliphatic rings. The smallest absolute Gasteiger partial charge is 0.270 e. The number of aromatic nitrogens is 2. The van der Waals surface area contributed by atoms with Crippen LogP contribution in [0.5, 0.6) is 0 Å². The fourth-order valence-corrected chi connectivity index (χ4v) is 3.47. The second-order valence-corrected chi connectivity index (χ2v) is 7.87. The summed E-state index contributed by atoms with van der Waals surface area (Å²) < 4.78 is 2.62. The molecule has 0 atom stereocenters. The Kier molecular flexibility index (Phi) is 5.31. The number of nitrogens with one attached hydrogen (secondary N) is 1. The van der Waals surface area contributed by atoms with Gasteiger partial charge in [0.2, 0.25) is 0 Å². The molecule has 144 valence electrons. The van der Waals surface area contributed by atoms with Gasteiger partial charge in [-0.3, -0.25) is 19.8 Å². The lowest BCUT2D eigenvalue weighted by Crippen LogP contribution is -2.54. The number of amides is 2. The Morgan fingerprint density at radius 1 is 1.03 bits per heavy atom. The van der Waals surface area contributed by atoms with Gasteiger partial charge in [-0.2, -0.15) is 5.10 Å². The number of nitrogens with zero attached hydrogens (tertiary/aromatic N) is 3. The summed E-state index contributed by atoms with van der Waals surface area (Å²) in [7, 11) is 0. The summed E-state index contributed by atoms with van der Waals surface area (Å²) in [6.07, 6.45) is 4.80. The number of carbonyl (C=O) groups is 2. The molecule has 3 aromatic rings. The number of halogens is 2. The molecule has 0 bridgehead atoms. The van der Waals surface area contributed by atoms with Crippen molar-refractivity contribution in [3.05, 3.63) is 81.6 Å². The maximum Gasteiger partial charge on any atom is 0.270 e. The fraction of sp³-hybridized carbons (Fsp3) is 0. The highest BCUT2D eigenvalue weighted by Crippen LogP contribution is 2.24. The molecule has 29 heavy (non-hydrogen) atoms. The van der Waals surface area contributed by atoms with Crippen molar-refractivity contribution in [2.75, 3.05) is 4.90 Å². The van der Waals surface area contributed by atoms with Gasteiger partial charge < -0.3 is 0 Å². The van der Waals surface area contributed by atoms with Crippen LogP contribution in [0.1, 0.15) is 5.56 Å². The summed E-state index contributed by atoms with van der Waals surface area (Å²) in [5, 5.41) is 7.40. The van der Waals surface area contributed by atoms with Crippen LogP contribution in [0.15, 0.2) is 71.0 Å². The fourth-order valence-electron chi connectivity index (χ4n) is 2.80. The molecule has 1 fully saturated rings. The van der Waals surface area contributed by atoms with Crippen LogP contribution in [-0.2, 0) is 9.59 Å². The molecule has 1 aliphatic heterocycles. The molecule has 1 N–H and O–H groups in total. The van der Waals surface area contributed by atoms with Crippen molar-refractivity contribution in [2.45, 2.75) is 0 Å². The van der Waals surface area contributed by atoms with Crippen LogP contribution in [0.3, 0.4) is 0 Å². The summed E-state index contributed by atoms with van der Waals surface area (Å²) >= 11 is 14.5. The van der Waals surface area contributed by atoms with Crippen molar-refractivity contribution in [2.24, 2.45) is 0 Å². The summed E-state index contributed by atoms with van der Waals surface area (Å²) in [5.74, 6) is -1.07. The number of rotatable bonds is 3.